The molecule has 188 valence electrons. The first-order chi connectivity index (χ1) is 17.8. The Hall–Kier alpha value is -3.90. The van der Waals surface area contributed by atoms with Gasteiger partial charge in [-0.05, 0) is 48.6 Å². The monoisotopic (exact) mass is 514 g/mol. The van der Waals surface area contributed by atoms with Gasteiger partial charge in [-0.1, -0.05) is 71.8 Å². The Balaban J connectivity index is 1.69. The summed E-state index contributed by atoms with van der Waals surface area (Å²) in [5, 5.41) is 13.2. The number of nitrogens with one attached hydrogen (secondary N) is 1. The molecule has 2 atom stereocenters. The number of ketones is 1. The number of benzene rings is 3. The van der Waals surface area contributed by atoms with E-state index >= 15 is 0 Å². The van der Waals surface area contributed by atoms with Crippen LogP contribution in [-0.2, 0) is 14.4 Å². The summed E-state index contributed by atoms with van der Waals surface area (Å²) >= 11 is 6.67. The summed E-state index contributed by atoms with van der Waals surface area (Å²) in [5.74, 6) is -1.51. The Bertz CT molecular complexity index is 1410. The molecule has 37 heavy (non-hydrogen) atoms. The topological polar surface area (TPSA) is 86.7 Å². The highest BCUT2D eigenvalue weighted by Crippen LogP contribution is 2.48. The molecule has 7 heteroatoms. The molecule has 0 saturated heterocycles. The lowest BCUT2D eigenvalue weighted by Gasteiger charge is -2.35. The molecule has 2 unspecified atom stereocenters. The number of carbonyl (C=O) groups excluding carboxylic acids is 2. The molecule has 6 nitrogen and oxygen atoms in total. The Morgan fingerprint density at radius 2 is 1.68 bits per heavy atom. The van der Waals surface area contributed by atoms with Crippen molar-refractivity contribution < 1.29 is 19.5 Å². The van der Waals surface area contributed by atoms with Crippen LogP contribution in [0.1, 0.15) is 54.3 Å². The highest BCUT2D eigenvalue weighted by molar-refractivity contribution is 6.31. The number of nitrogens with zero attached hydrogens (tertiary/aromatic N) is 1. The maximum atomic E-state index is 13.9. The van der Waals surface area contributed by atoms with Gasteiger partial charge in [-0.2, -0.15) is 0 Å². The number of amides is 1. The molecule has 0 bridgehead atoms. The van der Waals surface area contributed by atoms with Gasteiger partial charge in [-0.15, -0.1) is 0 Å². The fraction of sp³-hybridized carbons (Fsp3) is 0.233. The number of allylic oxidation sites excluding steroid dienone is 1. The van der Waals surface area contributed by atoms with E-state index in [-0.39, 0.29) is 30.4 Å². The van der Waals surface area contributed by atoms with E-state index in [1.807, 2.05) is 43.3 Å². The Labute approximate surface area is 220 Å². The second kappa shape index (κ2) is 10.2. The normalized spacial score (nSPS) is 19.0. The smallest absolute Gasteiger partial charge is 0.303 e. The molecule has 3 aromatic carbocycles. The molecule has 0 saturated carbocycles. The van der Waals surface area contributed by atoms with Crippen LogP contribution in [0.3, 0.4) is 0 Å². The zero-order valence-electron chi connectivity index (χ0n) is 20.4. The van der Waals surface area contributed by atoms with Crippen LogP contribution in [0.5, 0.6) is 0 Å². The van der Waals surface area contributed by atoms with E-state index in [2.05, 4.69) is 29.6 Å². The maximum absolute atomic E-state index is 13.9. The first-order valence-corrected chi connectivity index (χ1v) is 12.7. The number of aliphatic carboxylic acids is 1. The average molecular weight is 515 g/mol. The minimum Gasteiger partial charge on any atom is -0.481 e. The van der Waals surface area contributed by atoms with Crippen molar-refractivity contribution in [1.29, 1.82) is 0 Å². The van der Waals surface area contributed by atoms with Crippen LogP contribution in [0.4, 0.5) is 11.4 Å². The van der Waals surface area contributed by atoms with E-state index in [9.17, 15) is 19.5 Å². The largest absolute Gasteiger partial charge is 0.481 e. The molecule has 1 heterocycles. The zero-order chi connectivity index (χ0) is 26.1. The van der Waals surface area contributed by atoms with Crippen molar-refractivity contribution in [2.24, 2.45) is 0 Å². The van der Waals surface area contributed by atoms with Crippen molar-refractivity contribution in [3.8, 4) is 0 Å². The summed E-state index contributed by atoms with van der Waals surface area (Å²) < 4.78 is 0. The summed E-state index contributed by atoms with van der Waals surface area (Å²) in [4.78, 5) is 40.5. The number of aryl methyl sites for hydroxylation is 1. The number of carbonyl (C=O) groups is 3. The molecule has 0 radical (unpaired) electrons. The molecule has 2 N–H and O–H groups in total. The summed E-state index contributed by atoms with van der Waals surface area (Å²) in [6, 6.07) is 22.0. The van der Waals surface area contributed by atoms with E-state index in [0.29, 0.717) is 40.4 Å². The maximum Gasteiger partial charge on any atom is 0.303 e. The molecule has 0 aromatic heterocycles. The van der Waals surface area contributed by atoms with Crippen molar-refractivity contribution in [3.05, 3.63) is 106 Å². The molecule has 1 amide bonds. The van der Waals surface area contributed by atoms with Gasteiger partial charge in [0.25, 0.3) is 0 Å². The lowest BCUT2D eigenvalue weighted by Crippen LogP contribution is -2.38. The number of rotatable bonds is 5. The number of anilines is 2. The van der Waals surface area contributed by atoms with E-state index < -0.39 is 12.0 Å². The zero-order valence-corrected chi connectivity index (χ0v) is 21.2. The summed E-state index contributed by atoms with van der Waals surface area (Å²) in [6.07, 6.45) is 0.386. The first kappa shape index (κ1) is 24.8. The van der Waals surface area contributed by atoms with E-state index in [0.717, 1.165) is 16.8 Å². The second-order valence-electron chi connectivity index (χ2n) is 9.55. The third-order valence-corrected chi connectivity index (χ3v) is 7.40. The first-order valence-electron chi connectivity index (χ1n) is 12.3. The number of hydrogen-bond acceptors (Lipinski definition) is 4. The fourth-order valence-electron chi connectivity index (χ4n) is 5.27. The fourth-order valence-corrected chi connectivity index (χ4v) is 5.50. The summed E-state index contributed by atoms with van der Waals surface area (Å²) in [7, 11) is 0. The Morgan fingerprint density at radius 3 is 2.41 bits per heavy atom. The van der Waals surface area contributed by atoms with Gasteiger partial charge < -0.3 is 10.4 Å². The van der Waals surface area contributed by atoms with E-state index in [1.54, 1.807) is 17.0 Å². The third kappa shape index (κ3) is 4.89. The van der Waals surface area contributed by atoms with Gasteiger partial charge in [-0.3, -0.25) is 19.3 Å². The number of halogens is 1. The van der Waals surface area contributed by atoms with E-state index in [1.165, 1.54) is 0 Å². The number of hydrogen-bond donors (Lipinski definition) is 2. The number of para-hydroxylation sites is 2. The predicted octanol–water partition coefficient (Wildman–Crippen LogP) is 6.41. The molecule has 1 aliphatic heterocycles. The standard InChI is InChI=1S/C30H27ClN2O4/c1-18-10-12-19(13-11-18)20-16-24-29(26(34)17-20)30(21-6-2-3-7-22(21)31)33(27(35)14-15-28(36)37)25-9-5-4-8-23(25)32-24/h2-13,20,30,32H,14-17H2,1H3,(H,36,37). The second-order valence-corrected chi connectivity index (χ2v) is 9.96. The molecule has 1 aliphatic carbocycles. The van der Waals surface area contributed by atoms with Crippen molar-refractivity contribution in [3.63, 3.8) is 0 Å². The lowest BCUT2D eigenvalue weighted by molar-refractivity contribution is -0.138. The molecule has 0 fully saturated rings. The number of carboxylic acids is 1. The van der Waals surface area contributed by atoms with Crippen molar-refractivity contribution in [2.75, 3.05) is 10.2 Å². The van der Waals surface area contributed by atoms with Crippen LogP contribution in [0, 0.1) is 6.92 Å². The quantitative estimate of drug-likeness (QED) is 0.410. The van der Waals surface area contributed by atoms with Crippen molar-refractivity contribution >= 4 is 40.6 Å². The van der Waals surface area contributed by atoms with Crippen LogP contribution >= 0.6 is 11.6 Å². The highest BCUT2D eigenvalue weighted by Gasteiger charge is 2.42. The molecule has 3 aromatic rings. The van der Waals surface area contributed by atoms with Gasteiger partial charge in [0, 0.05) is 29.1 Å². The van der Waals surface area contributed by atoms with Gasteiger partial charge >= 0.3 is 5.97 Å². The summed E-state index contributed by atoms with van der Waals surface area (Å²) in [6.45, 7) is 2.03. The summed E-state index contributed by atoms with van der Waals surface area (Å²) in [5.41, 5.74) is 5.39. The van der Waals surface area contributed by atoms with Gasteiger partial charge in [0.15, 0.2) is 5.78 Å². The number of Topliss-reactive ketones (excluding diaryl/α,β-unsaturated/α-hetero) is 1. The van der Waals surface area contributed by atoms with Crippen LogP contribution < -0.4 is 10.2 Å². The minimum atomic E-state index is -1.06. The number of carboxylic acid groups (broad SMARTS) is 1. The highest BCUT2D eigenvalue weighted by atomic mass is 35.5. The third-order valence-electron chi connectivity index (χ3n) is 7.06. The van der Waals surface area contributed by atoms with Crippen LogP contribution in [0.2, 0.25) is 5.02 Å². The Kier molecular flexibility index (Phi) is 6.85. The van der Waals surface area contributed by atoms with Crippen LogP contribution in [-0.4, -0.2) is 22.8 Å². The Morgan fingerprint density at radius 1 is 0.973 bits per heavy atom. The SMILES string of the molecule is Cc1ccc(C2CC(=O)C3=C(C2)Nc2ccccc2N(C(=O)CCC(=O)O)C3c2ccccc2Cl)cc1. The van der Waals surface area contributed by atoms with Gasteiger partial charge in [0.1, 0.15) is 0 Å². The molecular weight excluding hydrogens is 488 g/mol. The molecule has 2 aliphatic rings. The van der Waals surface area contributed by atoms with Crippen molar-refractivity contribution in [1.82, 2.24) is 0 Å². The van der Waals surface area contributed by atoms with E-state index in [4.69, 9.17) is 11.6 Å². The minimum absolute atomic E-state index is 0.00679. The van der Waals surface area contributed by atoms with Crippen LogP contribution in [0.25, 0.3) is 0 Å². The average Bonchev–Trinajstić information content (AvgIpc) is 3.02. The molecule has 5 rings (SSSR count). The van der Waals surface area contributed by atoms with Crippen LogP contribution in [0.15, 0.2) is 84.1 Å². The molecule has 0 spiro atoms. The van der Waals surface area contributed by atoms with Gasteiger partial charge in [0.05, 0.1) is 23.8 Å². The lowest BCUT2D eigenvalue weighted by atomic mass is 9.78. The number of fused-ring (bicyclic) bond motifs is 1. The van der Waals surface area contributed by atoms with Gasteiger partial charge in [-0.25, -0.2) is 0 Å². The predicted molar refractivity (Wildman–Crippen MR) is 144 cm³/mol. The van der Waals surface area contributed by atoms with Crippen molar-refractivity contribution in [2.45, 2.75) is 44.6 Å². The van der Waals surface area contributed by atoms with Gasteiger partial charge in [0.2, 0.25) is 5.91 Å². The molecular formula is C30H27ClN2O4.